The minimum absolute atomic E-state index is 0.328. The molecule has 0 atom stereocenters. The molecule has 0 unspecified atom stereocenters. The number of rotatable bonds is 17. The van der Waals surface area contributed by atoms with Crippen molar-refractivity contribution in [3.63, 3.8) is 0 Å². The van der Waals surface area contributed by atoms with Crippen LogP contribution in [0.25, 0.3) is 11.1 Å². The largest absolute Gasteiger partial charge is 0.489 e. The summed E-state index contributed by atoms with van der Waals surface area (Å²) in [5.74, 6) is 1.78. The summed E-state index contributed by atoms with van der Waals surface area (Å²) in [6.45, 7) is 8.74. The third-order valence-electron chi connectivity index (χ3n) is 8.57. The van der Waals surface area contributed by atoms with Crippen molar-refractivity contribution in [2.24, 2.45) is 0 Å². The summed E-state index contributed by atoms with van der Waals surface area (Å²) < 4.78 is 18.0. The molecule has 1 aliphatic rings. The van der Waals surface area contributed by atoms with Crippen molar-refractivity contribution in [2.75, 3.05) is 39.4 Å². The third-order valence-corrected chi connectivity index (χ3v) is 8.57. The molecule has 0 spiro atoms. The lowest BCUT2D eigenvalue weighted by molar-refractivity contribution is -0.119. The van der Waals surface area contributed by atoms with Crippen LogP contribution < -0.4 is 14.8 Å². The molecule has 7 nitrogen and oxygen atoms in total. The van der Waals surface area contributed by atoms with E-state index in [1.807, 2.05) is 42.5 Å². The lowest BCUT2D eigenvalue weighted by atomic mass is 9.97. The molecule has 0 saturated carbocycles. The zero-order chi connectivity index (χ0) is 32.7. The monoisotopic (exact) mass is 631 g/mol. The summed E-state index contributed by atoms with van der Waals surface area (Å²) >= 11 is 0. The Kier molecular flexibility index (Phi) is 13.0. The van der Waals surface area contributed by atoms with Crippen LogP contribution >= 0.6 is 0 Å². The summed E-state index contributed by atoms with van der Waals surface area (Å²) in [7, 11) is 0. The normalized spacial score (nSPS) is 13.2. The van der Waals surface area contributed by atoms with Gasteiger partial charge in [-0.15, -0.1) is 0 Å². The number of carbonyl (C=O) groups excluding carboxylic acids is 1. The van der Waals surface area contributed by atoms with Gasteiger partial charge in [0.05, 0.1) is 24.8 Å². The van der Waals surface area contributed by atoms with Gasteiger partial charge in [0.2, 0.25) is 0 Å². The fraction of sp³-hybridized carbons (Fsp3) is 0.350. The van der Waals surface area contributed by atoms with Gasteiger partial charge >= 0.3 is 0 Å². The number of hydrogen-bond acceptors (Lipinski definition) is 7. The highest BCUT2D eigenvalue weighted by Gasteiger charge is 2.12. The first kappa shape index (κ1) is 33.9. The minimum Gasteiger partial charge on any atom is -0.489 e. The van der Waals surface area contributed by atoms with Crippen LogP contribution in [0.2, 0.25) is 0 Å². The molecule has 4 aromatic rings. The molecule has 5 rings (SSSR count). The Labute approximate surface area is 279 Å². The van der Waals surface area contributed by atoms with Gasteiger partial charge in [0, 0.05) is 44.1 Å². The molecule has 1 aliphatic heterocycles. The van der Waals surface area contributed by atoms with Crippen molar-refractivity contribution >= 4 is 5.78 Å². The average Bonchev–Trinajstić information content (AvgIpc) is 3.11. The van der Waals surface area contributed by atoms with E-state index in [1.54, 1.807) is 6.07 Å². The fourth-order valence-electron chi connectivity index (χ4n) is 5.81. The number of hydrogen-bond donors (Lipinski definition) is 1. The molecular formula is C40H45N3O4. The molecule has 0 radical (unpaired) electrons. The summed E-state index contributed by atoms with van der Waals surface area (Å²) in [6.07, 6.45) is 2.94. The molecule has 47 heavy (non-hydrogen) atoms. The average molecular weight is 632 g/mol. The van der Waals surface area contributed by atoms with Gasteiger partial charge in [0.1, 0.15) is 30.5 Å². The van der Waals surface area contributed by atoms with E-state index >= 15 is 0 Å². The zero-order valence-electron chi connectivity index (χ0n) is 27.4. The molecule has 0 bridgehead atoms. The first-order valence-electron chi connectivity index (χ1n) is 16.6. The quantitative estimate of drug-likeness (QED) is 0.123. The van der Waals surface area contributed by atoms with Gasteiger partial charge in [-0.3, -0.25) is 9.69 Å². The second kappa shape index (κ2) is 18.0. The number of benzene rings is 4. The van der Waals surface area contributed by atoms with Crippen LogP contribution in [0.5, 0.6) is 11.5 Å². The van der Waals surface area contributed by atoms with Gasteiger partial charge in [0.15, 0.2) is 0 Å². The fourth-order valence-corrected chi connectivity index (χ4v) is 5.81. The Balaban J connectivity index is 1.16. The number of nitrogens with one attached hydrogen (secondary N) is 1. The number of nitriles is 1. The van der Waals surface area contributed by atoms with Crippen molar-refractivity contribution in [1.29, 1.82) is 5.26 Å². The standard InChI is InChI=1S/C40H45N3O4/c1-31-36(13-6-16-39(31)34-11-3-2-4-12-34)30-46-38-18-17-35(40(26-38)47-29-33-10-5-9-32(25-33)27-41)28-42-19-7-14-37(44)15-8-20-43-21-23-45-24-22-43/h2-6,9-13,16-18,25-26,42H,7-8,14-15,19-24,28-30H2,1H3. The van der Waals surface area contributed by atoms with Gasteiger partial charge < -0.3 is 19.5 Å². The highest BCUT2D eigenvalue weighted by atomic mass is 16.5. The molecule has 0 aromatic heterocycles. The smallest absolute Gasteiger partial charge is 0.133 e. The molecular weight excluding hydrogens is 586 g/mol. The van der Waals surface area contributed by atoms with E-state index in [2.05, 4.69) is 65.7 Å². The van der Waals surface area contributed by atoms with Gasteiger partial charge in [0.25, 0.3) is 0 Å². The third kappa shape index (κ3) is 10.5. The van der Waals surface area contributed by atoms with E-state index in [4.69, 9.17) is 14.2 Å². The van der Waals surface area contributed by atoms with E-state index in [0.717, 1.165) is 80.4 Å². The number of ketones is 1. The van der Waals surface area contributed by atoms with E-state index in [1.165, 1.54) is 16.7 Å². The van der Waals surface area contributed by atoms with Crippen molar-refractivity contribution in [3.05, 3.63) is 119 Å². The molecule has 4 aromatic carbocycles. The molecule has 1 N–H and O–H groups in total. The topological polar surface area (TPSA) is 83.8 Å². The number of carbonyl (C=O) groups is 1. The molecule has 1 heterocycles. The number of ether oxygens (including phenoxy) is 3. The van der Waals surface area contributed by atoms with Crippen molar-refractivity contribution < 1.29 is 19.0 Å². The summed E-state index contributed by atoms with van der Waals surface area (Å²) in [6, 6.07) is 32.3. The number of morpholine rings is 1. The summed E-state index contributed by atoms with van der Waals surface area (Å²) in [5, 5.41) is 12.8. The highest BCUT2D eigenvalue weighted by Crippen LogP contribution is 2.29. The molecule has 0 aliphatic carbocycles. The van der Waals surface area contributed by atoms with Crippen LogP contribution in [-0.2, 0) is 29.3 Å². The second-order valence-electron chi connectivity index (χ2n) is 12.0. The maximum atomic E-state index is 12.4. The molecule has 7 heteroatoms. The van der Waals surface area contributed by atoms with Crippen LogP contribution in [-0.4, -0.2) is 50.1 Å². The van der Waals surface area contributed by atoms with E-state index in [-0.39, 0.29) is 0 Å². The Morgan fingerprint density at radius 1 is 0.872 bits per heavy atom. The van der Waals surface area contributed by atoms with Crippen LogP contribution in [0.3, 0.4) is 0 Å². The predicted molar refractivity (Wildman–Crippen MR) is 185 cm³/mol. The lowest BCUT2D eigenvalue weighted by Crippen LogP contribution is -2.36. The maximum Gasteiger partial charge on any atom is 0.133 e. The Morgan fingerprint density at radius 3 is 2.51 bits per heavy atom. The van der Waals surface area contributed by atoms with E-state index in [0.29, 0.717) is 43.9 Å². The Morgan fingerprint density at radius 2 is 1.68 bits per heavy atom. The lowest BCUT2D eigenvalue weighted by Gasteiger charge is -2.26. The van der Waals surface area contributed by atoms with Crippen LogP contribution in [0.15, 0.2) is 91.0 Å². The first-order chi connectivity index (χ1) is 23.1. The van der Waals surface area contributed by atoms with Gasteiger partial charge in [-0.05, 0) is 78.9 Å². The molecule has 244 valence electrons. The van der Waals surface area contributed by atoms with E-state index in [9.17, 15) is 10.1 Å². The maximum absolute atomic E-state index is 12.4. The SMILES string of the molecule is Cc1c(COc2ccc(CNCCCC(=O)CCCN3CCOCC3)c(OCc3cccc(C#N)c3)c2)cccc1-c1ccccc1. The van der Waals surface area contributed by atoms with Gasteiger partial charge in [-0.25, -0.2) is 0 Å². The number of Topliss-reactive ketones (excluding diaryl/α,β-unsaturated/α-hetero) is 1. The van der Waals surface area contributed by atoms with Crippen LogP contribution in [0.4, 0.5) is 0 Å². The van der Waals surface area contributed by atoms with Crippen molar-refractivity contribution in [3.8, 4) is 28.7 Å². The first-order valence-corrected chi connectivity index (χ1v) is 16.6. The summed E-state index contributed by atoms with van der Waals surface area (Å²) in [5.41, 5.74) is 7.25. The van der Waals surface area contributed by atoms with Gasteiger partial charge in [-0.2, -0.15) is 5.26 Å². The highest BCUT2D eigenvalue weighted by molar-refractivity contribution is 5.78. The minimum atomic E-state index is 0.328. The zero-order valence-corrected chi connectivity index (χ0v) is 27.4. The molecule has 0 amide bonds. The predicted octanol–water partition coefficient (Wildman–Crippen LogP) is 7.24. The molecule has 1 saturated heterocycles. The van der Waals surface area contributed by atoms with Crippen molar-refractivity contribution in [1.82, 2.24) is 10.2 Å². The molecule has 1 fully saturated rings. The second-order valence-corrected chi connectivity index (χ2v) is 12.0. The Bertz CT molecular complexity index is 1630. The van der Waals surface area contributed by atoms with Crippen LogP contribution in [0.1, 0.15) is 53.5 Å². The van der Waals surface area contributed by atoms with Gasteiger partial charge in [-0.1, -0.05) is 66.7 Å². The summed E-state index contributed by atoms with van der Waals surface area (Å²) in [4.78, 5) is 14.8. The Hall–Kier alpha value is -4.48. The number of nitrogens with zero attached hydrogens (tertiary/aromatic N) is 2. The van der Waals surface area contributed by atoms with E-state index < -0.39 is 0 Å². The van der Waals surface area contributed by atoms with Crippen LogP contribution in [0, 0.1) is 18.3 Å². The van der Waals surface area contributed by atoms with Crippen molar-refractivity contribution in [2.45, 2.75) is 52.4 Å².